The molecule has 1 unspecified atom stereocenters. The highest BCUT2D eigenvalue weighted by atomic mass is 16.2. The maximum atomic E-state index is 11.8. The number of carbonyl (C=O) groups is 2. The fourth-order valence-electron chi connectivity index (χ4n) is 2.12. The van der Waals surface area contributed by atoms with E-state index < -0.39 is 0 Å². The number of rotatable bonds is 5. The summed E-state index contributed by atoms with van der Waals surface area (Å²) in [7, 11) is 0. The van der Waals surface area contributed by atoms with Crippen LogP contribution in [-0.4, -0.2) is 45.6 Å². The molecule has 18 heavy (non-hydrogen) atoms. The van der Waals surface area contributed by atoms with Crippen molar-refractivity contribution in [2.75, 3.05) is 13.1 Å². The Labute approximate surface area is 106 Å². The largest absolute Gasteiger partial charge is 0.304 e. The van der Waals surface area contributed by atoms with Crippen LogP contribution in [0.25, 0.3) is 0 Å². The fraction of sp³-hybridized carbons (Fsp3) is 0.583. The van der Waals surface area contributed by atoms with Crippen molar-refractivity contribution in [3.05, 3.63) is 18.0 Å². The second kappa shape index (κ2) is 5.30. The van der Waals surface area contributed by atoms with Crippen molar-refractivity contribution in [1.82, 2.24) is 20.0 Å². The van der Waals surface area contributed by atoms with Gasteiger partial charge in [0.2, 0.25) is 11.8 Å². The molecule has 1 fully saturated rings. The normalized spacial score (nSPS) is 19.9. The summed E-state index contributed by atoms with van der Waals surface area (Å²) >= 11 is 0. The lowest BCUT2D eigenvalue weighted by molar-refractivity contribution is -0.138. The zero-order valence-corrected chi connectivity index (χ0v) is 10.7. The Morgan fingerprint density at radius 2 is 2.28 bits per heavy atom. The van der Waals surface area contributed by atoms with Crippen molar-refractivity contribution in [2.24, 2.45) is 0 Å². The molecule has 0 aromatic carbocycles. The van der Waals surface area contributed by atoms with Crippen molar-refractivity contribution in [1.29, 1.82) is 0 Å². The minimum absolute atomic E-state index is 0.0880. The molecule has 1 N–H and O–H groups in total. The summed E-state index contributed by atoms with van der Waals surface area (Å²) in [4.78, 5) is 24.6. The fourth-order valence-corrected chi connectivity index (χ4v) is 2.12. The minimum atomic E-state index is -0.367. The van der Waals surface area contributed by atoms with Crippen LogP contribution in [-0.2, 0) is 16.1 Å². The summed E-state index contributed by atoms with van der Waals surface area (Å²) < 4.78 is 1.82. The molecule has 6 heteroatoms. The van der Waals surface area contributed by atoms with Crippen LogP contribution in [0.4, 0.5) is 0 Å². The van der Waals surface area contributed by atoms with Crippen molar-refractivity contribution >= 4 is 11.8 Å². The molecule has 1 aliphatic heterocycles. The molecule has 1 aromatic heterocycles. The third-order valence-corrected chi connectivity index (χ3v) is 3.05. The zero-order chi connectivity index (χ0) is 13.1. The summed E-state index contributed by atoms with van der Waals surface area (Å²) in [6, 6.07) is -0.367. The van der Waals surface area contributed by atoms with Crippen LogP contribution in [0.5, 0.6) is 0 Å². The summed E-state index contributed by atoms with van der Waals surface area (Å²) in [5, 5.41) is 7.27. The van der Waals surface area contributed by atoms with Crippen molar-refractivity contribution in [2.45, 2.75) is 32.9 Å². The summed E-state index contributed by atoms with van der Waals surface area (Å²) in [6.07, 6.45) is 4.01. The molecule has 98 valence electrons. The Balaban J connectivity index is 1.81. The first-order valence-corrected chi connectivity index (χ1v) is 6.18. The molecule has 2 heterocycles. The quantitative estimate of drug-likeness (QED) is 0.743. The van der Waals surface area contributed by atoms with Gasteiger partial charge >= 0.3 is 0 Å². The zero-order valence-electron chi connectivity index (χ0n) is 10.7. The van der Waals surface area contributed by atoms with Gasteiger partial charge in [-0.3, -0.25) is 19.2 Å². The van der Waals surface area contributed by atoms with Crippen LogP contribution in [0.2, 0.25) is 0 Å². The van der Waals surface area contributed by atoms with Crippen LogP contribution in [0.3, 0.4) is 0 Å². The number of aryl methyl sites for hydroxylation is 1. The number of nitrogens with zero attached hydrogens (tertiary/aromatic N) is 3. The van der Waals surface area contributed by atoms with E-state index >= 15 is 0 Å². The van der Waals surface area contributed by atoms with Crippen LogP contribution < -0.4 is 5.32 Å². The van der Waals surface area contributed by atoms with E-state index in [1.54, 1.807) is 6.20 Å². The minimum Gasteiger partial charge on any atom is -0.304 e. The number of likely N-dealkylation sites (N-methyl/N-ethyl adjacent to an activating group) is 1. The van der Waals surface area contributed by atoms with E-state index in [4.69, 9.17) is 0 Å². The van der Waals surface area contributed by atoms with E-state index in [0.717, 1.165) is 5.56 Å². The summed E-state index contributed by atoms with van der Waals surface area (Å²) in [5.41, 5.74) is 1.11. The molecule has 1 atom stereocenters. The van der Waals surface area contributed by atoms with Gasteiger partial charge in [-0.05, 0) is 19.4 Å². The average molecular weight is 250 g/mol. The number of imide groups is 1. The second-order valence-electron chi connectivity index (χ2n) is 4.47. The SMILES string of the molecule is CCN1C(=O)CC(NCCn2cc(C)cn2)C1=O. The molecule has 2 amide bonds. The van der Waals surface area contributed by atoms with E-state index in [0.29, 0.717) is 19.6 Å². The summed E-state index contributed by atoms with van der Waals surface area (Å²) in [5.74, 6) is -0.200. The highest BCUT2D eigenvalue weighted by Gasteiger charge is 2.36. The number of amides is 2. The lowest BCUT2D eigenvalue weighted by Gasteiger charge is -2.13. The lowest BCUT2D eigenvalue weighted by Crippen LogP contribution is -2.39. The van der Waals surface area contributed by atoms with Gasteiger partial charge in [-0.15, -0.1) is 0 Å². The van der Waals surface area contributed by atoms with Crippen LogP contribution in [0, 0.1) is 6.92 Å². The molecule has 0 spiro atoms. The maximum absolute atomic E-state index is 11.8. The Morgan fingerprint density at radius 3 is 2.83 bits per heavy atom. The Hall–Kier alpha value is -1.69. The standard InChI is InChI=1S/C12H18N4O2/c1-3-16-11(17)6-10(12(16)18)13-4-5-15-8-9(2)7-14-15/h7-8,10,13H,3-6H2,1-2H3. The number of aromatic nitrogens is 2. The number of hydrogen-bond acceptors (Lipinski definition) is 4. The Bertz CT molecular complexity index is 455. The van der Waals surface area contributed by atoms with Gasteiger partial charge in [-0.1, -0.05) is 0 Å². The van der Waals surface area contributed by atoms with E-state index in [1.165, 1.54) is 4.90 Å². The van der Waals surface area contributed by atoms with Gasteiger partial charge in [0.05, 0.1) is 25.2 Å². The molecule has 0 bridgehead atoms. The summed E-state index contributed by atoms with van der Waals surface area (Å²) in [6.45, 7) is 5.56. The first kappa shape index (κ1) is 12.8. The van der Waals surface area contributed by atoms with Crippen molar-refractivity contribution in [3.8, 4) is 0 Å². The predicted molar refractivity (Wildman–Crippen MR) is 65.8 cm³/mol. The van der Waals surface area contributed by atoms with Crippen LogP contribution in [0.15, 0.2) is 12.4 Å². The Morgan fingerprint density at radius 1 is 1.50 bits per heavy atom. The van der Waals surface area contributed by atoms with Gasteiger partial charge < -0.3 is 5.32 Å². The first-order chi connectivity index (χ1) is 8.61. The van der Waals surface area contributed by atoms with E-state index in [1.807, 2.05) is 24.7 Å². The van der Waals surface area contributed by atoms with E-state index in [2.05, 4.69) is 10.4 Å². The second-order valence-corrected chi connectivity index (χ2v) is 4.47. The molecule has 6 nitrogen and oxygen atoms in total. The molecule has 0 aliphatic carbocycles. The Kier molecular flexibility index (Phi) is 3.76. The molecular formula is C12H18N4O2. The van der Waals surface area contributed by atoms with Gasteiger partial charge in [0.25, 0.3) is 0 Å². The van der Waals surface area contributed by atoms with Crippen LogP contribution in [0.1, 0.15) is 18.9 Å². The van der Waals surface area contributed by atoms with Crippen molar-refractivity contribution in [3.63, 3.8) is 0 Å². The topological polar surface area (TPSA) is 67.2 Å². The third-order valence-electron chi connectivity index (χ3n) is 3.05. The number of likely N-dealkylation sites (tertiary alicyclic amines) is 1. The molecule has 1 aliphatic rings. The highest BCUT2D eigenvalue weighted by molar-refractivity contribution is 6.05. The van der Waals surface area contributed by atoms with Gasteiger partial charge in [0.1, 0.15) is 0 Å². The molecule has 1 aromatic rings. The third kappa shape index (κ3) is 2.59. The van der Waals surface area contributed by atoms with Gasteiger partial charge in [0, 0.05) is 19.3 Å². The van der Waals surface area contributed by atoms with E-state index in [9.17, 15) is 9.59 Å². The first-order valence-electron chi connectivity index (χ1n) is 6.18. The van der Waals surface area contributed by atoms with Crippen LogP contribution >= 0.6 is 0 Å². The number of carbonyl (C=O) groups excluding carboxylic acids is 2. The number of nitrogens with one attached hydrogen (secondary N) is 1. The van der Waals surface area contributed by atoms with Gasteiger partial charge in [-0.25, -0.2) is 0 Å². The lowest BCUT2D eigenvalue weighted by atomic mass is 10.2. The molecule has 0 saturated carbocycles. The molecule has 0 radical (unpaired) electrons. The predicted octanol–water partition coefficient (Wildman–Crippen LogP) is -0.0715. The monoisotopic (exact) mass is 250 g/mol. The smallest absolute Gasteiger partial charge is 0.246 e. The molecule has 1 saturated heterocycles. The van der Waals surface area contributed by atoms with Crippen molar-refractivity contribution < 1.29 is 9.59 Å². The highest BCUT2D eigenvalue weighted by Crippen LogP contribution is 2.12. The average Bonchev–Trinajstić information content (AvgIpc) is 2.85. The van der Waals surface area contributed by atoms with Gasteiger partial charge in [0.15, 0.2) is 0 Å². The van der Waals surface area contributed by atoms with E-state index in [-0.39, 0.29) is 24.3 Å². The maximum Gasteiger partial charge on any atom is 0.246 e. The molecule has 2 rings (SSSR count). The number of hydrogen-bond donors (Lipinski definition) is 1. The van der Waals surface area contributed by atoms with Gasteiger partial charge in [-0.2, -0.15) is 5.10 Å². The molecular weight excluding hydrogens is 232 g/mol.